The third kappa shape index (κ3) is 10.2. The maximum absolute atomic E-state index is 8.99. The van der Waals surface area contributed by atoms with Gasteiger partial charge >= 0.3 is 6.15 Å². The van der Waals surface area contributed by atoms with Crippen LogP contribution < -0.4 is 0 Å². The molecule has 0 bridgehead atoms. The minimum Gasteiger partial charge on any atom is -0.197 e. The van der Waals surface area contributed by atoms with E-state index in [1.807, 2.05) is 6.92 Å². The van der Waals surface area contributed by atoms with Crippen molar-refractivity contribution in [3.8, 4) is 6.07 Å². The average Bonchev–Trinajstić information content (AvgIpc) is 2.19. The molecular formula is C10H15NO2S3. The lowest BCUT2D eigenvalue weighted by molar-refractivity contribution is -0.191. The van der Waals surface area contributed by atoms with Crippen molar-refractivity contribution in [1.82, 2.24) is 0 Å². The summed E-state index contributed by atoms with van der Waals surface area (Å²) in [6, 6.07) is 2.33. The summed E-state index contributed by atoms with van der Waals surface area (Å²) in [7, 11) is 0. The highest BCUT2D eigenvalue weighted by Gasteiger charge is 2.25. The summed E-state index contributed by atoms with van der Waals surface area (Å²) in [4.78, 5) is 16.2. The van der Waals surface area contributed by atoms with Gasteiger partial charge in [0.1, 0.15) is 8.28 Å². The lowest BCUT2D eigenvalue weighted by Crippen LogP contribution is -2.18. The van der Waals surface area contributed by atoms with Gasteiger partial charge in [0, 0.05) is 0 Å². The van der Waals surface area contributed by atoms with Crippen molar-refractivity contribution in [3.05, 3.63) is 0 Å². The molecule has 90 valence electrons. The first-order valence-corrected chi connectivity index (χ1v) is 6.97. The SMILES string of the molecule is CCCC(C)(C#N)SC(=S)SCC.O=C=O. The van der Waals surface area contributed by atoms with E-state index in [4.69, 9.17) is 27.1 Å². The van der Waals surface area contributed by atoms with Crippen molar-refractivity contribution in [2.45, 2.75) is 38.4 Å². The minimum absolute atomic E-state index is 0.250. The van der Waals surface area contributed by atoms with Gasteiger partial charge in [0.15, 0.2) is 0 Å². The molecule has 0 aliphatic rings. The number of nitriles is 1. The molecule has 6 heteroatoms. The Balaban J connectivity index is 0. The van der Waals surface area contributed by atoms with Crippen LogP contribution in [0.3, 0.4) is 0 Å². The van der Waals surface area contributed by atoms with Crippen molar-refractivity contribution in [3.63, 3.8) is 0 Å². The smallest absolute Gasteiger partial charge is 0.197 e. The van der Waals surface area contributed by atoms with Gasteiger partial charge in [-0.3, -0.25) is 0 Å². The lowest BCUT2D eigenvalue weighted by Gasteiger charge is -2.19. The standard InChI is InChI=1S/C9H15NS3.CO2/c1-4-6-9(3,7-10)13-8(11)12-5-2;2-1-3/h4-6H2,1-3H3;. The van der Waals surface area contributed by atoms with Crippen molar-refractivity contribution in [2.24, 2.45) is 0 Å². The molecule has 0 N–H and O–H groups in total. The van der Waals surface area contributed by atoms with Crippen LogP contribution in [-0.4, -0.2) is 20.2 Å². The van der Waals surface area contributed by atoms with E-state index in [1.165, 1.54) is 11.8 Å². The molecule has 0 saturated heterocycles. The van der Waals surface area contributed by atoms with Gasteiger partial charge in [-0.15, -0.1) is 11.8 Å². The van der Waals surface area contributed by atoms with Crippen LogP contribution in [0.2, 0.25) is 0 Å². The molecule has 0 amide bonds. The zero-order valence-corrected chi connectivity index (χ0v) is 12.1. The van der Waals surface area contributed by atoms with E-state index >= 15 is 0 Å². The Morgan fingerprint density at radius 1 is 1.44 bits per heavy atom. The fraction of sp³-hybridized carbons (Fsp3) is 0.700. The Morgan fingerprint density at radius 2 is 1.94 bits per heavy atom. The predicted octanol–water partition coefficient (Wildman–Crippen LogP) is 3.26. The largest absolute Gasteiger partial charge is 0.373 e. The van der Waals surface area contributed by atoms with E-state index in [0.717, 1.165) is 22.1 Å². The quantitative estimate of drug-likeness (QED) is 0.735. The van der Waals surface area contributed by atoms with Gasteiger partial charge in [-0.1, -0.05) is 44.2 Å². The second-order valence-corrected chi connectivity index (χ2v) is 6.93. The molecular weight excluding hydrogens is 262 g/mol. The summed E-state index contributed by atoms with van der Waals surface area (Å²) in [5, 5.41) is 8.99. The fourth-order valence-electron chi connectivity index (χ4n) is 0.938. The Hall–Kier alpha value is -0.340. The van der Waals surface area contributed by atoms with Gasteiger partial charge in [0.05, 0.1) is 6.07 Å². The summed E-state index contributed by atoms with van der Waals surface area (Å²) in [5.41, 5.74) is 0. The number of rotatable bonds is 4. The molecule has 0 aromatic carbocycles. The summed E-state index contributed by atoms with van der Waals surface area (Å²) in [6.07, 6.45) is 2.18. The molecule has 1 atom stereocenters. The Morgan fingerprint density at radius 3 is 2.25 bits per heavy atom. The highest BCUT2D eigenvalue weighted by molar-refractivity contribution is 8.47. The molecule has 0 aromatic rings. The minimum atomic E-state index is -0.325. The van der Waals surface area contributed by atoms with E-state index in [-0.39, 0.29) is 10.9 Å². The predicted molar refractivity (Wildman–Crippen MR) is 72.3 cm³/mol. The zero-order chi connectivity index (χ0) is 13.0. The molecule has 3 nitrogen and oxygen atoms in total. The molecule has 0 aliphatic carbocycles. The zero-order valence-electron chi connectivity index (χ0n) is 9.61. The van der Waals surface area contributed by atoms with Crippen LogP contribution >= 0.6 is 35.7 Å². The first-order chi connectivity index (χ1) is 7.49. The van der Waals surface area contributed by atoms with Crippen LogP contribution in [0.15, 0.2) is 0 Å². The van der Waals surface area contributed by atoms with Gasteiger partial charge < -0.3 is 0 Å². The van der Waals surface area contributed by atoms with E-state index < -0.39 is 0 Å². The average molecular weight is 277 g/mol. The molecule has 0 saturated carbocycles. The molecule has 16 heavy (non-hydrogen) atoms. The lowest BCUT2D eigenvalue weighted by atomic mass is 10.1. The number of carbonyl (C=O) groups excluding carboxylic acids is 2. The first kappa shape index (κ1) is 18.0. The number of hydrogen-bond donors (Lipinski definition) is 0. The third-order valence-electron chi connectivity index (χ3n) is 1.53. The highest BCUT2D eigenvalue weighted by Crippen LogP contribution is 2.34. The molecule has 0 heterocycles. The normalized spacial score (nSPS) is 12.4. The Bertz CT molecular complexity index is 282. The van der Waals surface area contributed by atoms with Crippen LogP contribution in [0, 0.1) is 11.3 Å². The van der Waals surface area contributed by atoms with Crippen LogP contribution in [0.5, 0.6) is 0 Å². The van der Waals surface area contributed by atoms with Gasteiger partial charge in [-0.05, 0) is 19.1 Å². The molecule has 1 unspecified atom stereocenters. The van der Waals surface area contributed by atoms with Gasteiger partial charge in [-0.25, -0.2) is 0 Å². The molecule has 0 aromatic heterocycles. The van der Waals surface area contributed by atoms with Crippen LogP contribution in [0.4, 0.5) is 0 Å². The highest BCUT2D eigenvalue weighted by atomic mass is 32.2. The third-order valence-corrected chi connectivity index (χ3v) is 4.18. The number of hydrogen-bond acceptors (Lipinski definition) is 6. The van der Waals surface area contributed by atoms with Crippen LogP contribution in [0.25, 0.3) is 0 Å². The van der Waals surface area contributed by atoms with Gasteiger partial charge in [0.2, 0.25) is 0 Å². The number of thioether (sulfide) groups is 2. The Labute approximate surface area is 110 Å². The van der Waals surface area contributed by atoms with E-state index in [9.17, 15) is 0 Å². The van der Waals surface area contributed by atoms with Crippen molar-refractivity contribution < 1.29 is 9.59 Å². The topological polar surface area (TPSA) is 57.9 Å². The summed E-state index contributed by atoms with van der Waals surface area (Å²) < 4.78 is 0.563. The van der Waals surface area contributed by atoms with E-state index in [1.54, 1.807) is 11.8 Å². The molecule has 0 radical (unpaired) electrons. The summed E-state index contributed by atoms with van der Waals surface area (Å²) >= 11 is 8.33. The molecule has 0 rings (SSSR count). The second kappa shape index (κ2) is 11.2. The summed E-state index contributed by atoms with van der Waals surface area (Å²) in [5.74, 6) is 0.986. The number of nitrogens with zero attached hydrogens (tertiary/aromatic N) is 1. The molecule has 0 spiro atoms. The van der Waals surface area contributed by atoms with Crippen LogP contribution in [0.1, 0.15) is 33.6 Å². The van der Waals surface area contributed by atoms with Crippen molar-refractivity contribution in [1.29, 1.82) is 5.26 Å². The van der Waals surface area contributed by atoms with E-state index in [2.05, 4.69) is 19.9 Å². The fourth-order valence-corrected chi connectivity index (χ4v) is 3.94. The number of thiocarbonyl (C=S) groups is 1. The van der Waals surface area contributed by atoms with Crippen LogP contribution in [-0.2, 0) is 9.59 Å². The van der Waals surface area contributed by atoms with E-state index in [0.29, 0.717) is 0 Å². The summed E-state index contributed by atoms with van der Waals surface area (Å²) in [6.45, 7) is 6.12. The maximum atomic E-state index is 8.99. The maximum Gasteiger partial charge on any atom is 0.373 e. The van der Waals surface area contributed by atoms with Crippen molar-refractivity contribution >= 4 is 45.4 Å². The molecule has 0 aliphatic heterocycles. The second-order valence-electron chi connectivity index (χ2n) is 2.96. The van der Waals surface area contributed by atoms with Gasteiger partial charge in [0.25, 0.3) is 0 Å². The van der Waals surface area contributed by atoms with Gasteiger partial charge in [-0.2, -0.15) is 14.9 Å². The van der Waals surface area contributed by atoms with Crippen molar-refractivity contribution in [2.75, 3.05) is 5.75 Å². The Kier molecular flexibility index (Phi) is 12.6. The molecule has 0 fully saturated rings. The first-order valence-electron chi connectivity index (χ1n) is 4.75. The monoisotopic (exact) mass is 277 g/mol.